The Kier molecular flexibility index (Phi) is 6.50. The van der Waals surface area contributed by atoms with E-state index in [4.69, 9.17) is 17.0 Å². The first kappa shape index (κ1) is 14.8. The lowest BCUT2D eigenvalue weighted by Crippen LogP contribution is -2.37. The number of nitrogens with one attached hydrogen (secondary N) is 2. The SMILES string of the molecule is CCCCNC(=S)NC(C)c1ccc(OC)cc1. The van der Waals surface area contributed by atoms with E-state index in [-0.39, 0.29) is 6.04 Å². The lowest BCUT2D eigenvalue weighted by molar-refractivity contribution is 0.414. The Morgan fingerprint density at radius 1 is 1.33 bits per heavy atom. The quantitative estimate of drug-likeness (QED) is 0.612. The fourth-order valence-corrected chi connectivity index (χ4v) is 1.88. The summed E-state index contributed by atoms with van der Waals surface area (Å²) in [5, 5.41) is 7.19. The molecule has 0 aliphatic rings. The summed E-state index contributed by atoms with van der Waals surface area (Å²) >= 11 is 5.25. The van der Waals surface area contributed by atoms with Gasteiger partial charge < -0.3 is 15.4 Å². The molecule has 1 rings (SSSR count). The number of rotatable bonds is 6. The van der Waals surface area contributed by atoms with Gasteiger partial charge in [-0.25, -0.2) is 0 Å². The maximum Gasteiger partial charge on any atom is 0.166 e. The minimum atomic E-state index is 0.192. The standard InChI is InChI=1S/C14H22N2OS/c1-4-5-10-15-14(18)16-11(2)12-6-8-13(17-3)9-7-12/h6-9,11H,4-5,10H2,1-3H3,(H2,15,16,18). The molecule has 1 aromatic rings. The normalized spacial score (nSPS) is 11.7. The van der Waals surface area contributed by atoms with Gasteiger partial charge in [-0.1, -0.05) is 25.5 Å². The second-order valence-electron chi connectivity index (χ2n) is 4.25. The molecular weight excluding hydrogens is 244 g/mol. The number of hydrogen-bond acceptors (Lipinski definition) is 2. The fourth-order valence-electron chi connectivity index (χ4n) is 1.60. The van der Waals surface area contributed by atoms with Gasteiger partial charge in [0.05, 0.1) is 13.2 Å². The molecule has 1 unspecified atom stereocenters. The summed E-state index contributed by atoms with van der Waals surface area (Å²) in [4.78, 5) is 0. The van der Waals surface area contributed by atoms with Gasteiger partial charge in [0, 0.05) is 6.54 Å². The number of benzene rings is 1. The Hall–Kier alpha value is -1.29. The van der Waals surface area contributed by atoms with Crippen molar-refractivity contribution in [3.63, 3.8) is 0 Å². The molecule has 0 saturated heterocycles. The van der Waals surface area contributed by atoms with Crippen LogP contribution < -0.4 is 15.4 Å². The van der Waals surface area contributed by atoms with Crippen molar-refractivity contribution in [3.05, 3.63) is 29.8 Å². The van der Waals surface area contributed by atoms with Crippen LogP contribution in [0.4, 0.5) is 0 Å². The van der Waals surface area contributed by atoms with Crippen molar-refractivity contribution in [2.24, 2.45) is 0 Å². The maximum atomic E-state index is 5.25. The molecule has 100 valence electrons. The third-order valence-corrected chi connectivity index (χ3v) is 3.04. The Morgan fingerprint density at radius 2 is 2.00 bits per heavy atom. The second kappa shape index (κ2) is 7.93. The molecule has 1 aromatic carbocycles. The highest BCUT2D eigenvalue weighted by Crippen LogP contribution is 2.16. The van der Waals surface area contributed by atoms with Crippen LogP contribution in [0.25, 0.3) is 0 Å². The third-order valence-electron chi connectivity index (χ3n) is 2.78. The van der Waals surface area contributed by atoms with Crippen LogP contribution in [0.5, 0.6) is 5.75 Å². The molecular formula is C14H22N2OS. The predicted molar refractivity (Wildman–Crippen MR) is 80.1 cm³/mol. The van der Waals surface area contributed by atoms with Gasteiger partial charge in [-0.2, -0.15) is 0 Å². The second-order valence-corrected chi connectivity index (χ2v) is 4.66. The van der Waals surface area contributed by atoms with Gasteiger partial charge in [-0.3, -0.25) is 0 Å². The van der Waals surface area contributed by atoms with Crippen molar-refractivity contribution in [2.45, 2.75) is 32.7 Å². The van der Waals surface area contributed by atoms with E-state index in [1.807, 2.05) is 24.3 Å². The topological polar surface area (TPSA) is 33.3 Å². The Morgan fingerprint density at radius 3 is 2.56 bits per heavy atom. The van der Waals surface area contributed by atoms with Gasteiger partial charge in [-0.05, 0) is 43.3 Å². The summed E-state index contributed by atoms with van der Waals surface area (Å²) in [7, 11) is 1.67. The van der Waals surface area contributed by atoms with Crippen molar-refractivity contribution in [2.75, 3.05) is 13.7 Å². The molecule has 0 aliphatic carbocycles. The summed E-state index contributed by atoms with van der Waals surface area (Å²) in [5.74, 6) is 0.870. The first-order valence-corrected chi connectivity index (χ1v) is 6.76. The highest BCUT2D eigenvalue weighted by atomic mass is 32.1. The van der Waals surface area contributed by atoms with E-state index in [2.05, 4.69) is 24.5 Å². The summed E-state index contributed by atoms with van der Waals surface area (Å²) < 4.78 is 5.14. The molecule has 0 saturated carbocycles. The van der Waals surface area contributed by atoms with Gasteiger partial charge in [0.25, 0.3) is 0 Å². The van der Waals surface area contributed by atoms with Gasteiger partial charge in [0.15, 0.2) is 5.11 Å². The van der Waals surface area contributed by atoms with Crippen LogP contribution in [0.15, 0.2) is 24.3 Å². The molecule has 0 radical (unpaired) electrons. The number of methoxy groups -OCH3 is 1. The highest BCUT2D eigenvalue weighted by Gasteiger charge is 2.06. The third kappa shape index (κ3) is 4.92. The van der Waals surface area contributed by atoms with Crippen LogP contribution in [0.1, 0.15) is 38.3 Å². The van der Waals surface area contributed by atoms with Gasteiger partial charge in [0.1, 0.15) is 5.75 Å². The zero-order valence-corrected chi connectivity index (χ0v) is 12.1. The average molecular weight is 266 g/mol. The molecule has 0 aliphatic heterocycles. The van der Waals surface area contributed by atoms with Crippen LogP contribution >= 0.6 is 12.2 Å². The molecule has 1 atom stereocenters. The molecule has 18 heavy (non-hydrogen) atoms. The fraction of sp³-hybridized carbons (Fsp3) is 0.500. The zero-order chi connectivity index (χ0) is 13.4. The van der Waals surface area contributed by atoms with E-state index < -0.39 is 0 Å². The number of ether oxygens (including phenoxy) is 1. The predicted octanol–water partition coefficient (Wildman–Crippen LogP) is 3.02. The molecule has 0 amide bonds. The number of hydrogen-bond donors (Lipinski definition) is 2. The van der Waals surface area contributed by atoms with Crippen LogP contribution in [0.3, 0.4) is 0 Å². The van der Waals surface area contributed by atoms with E-state index in [1.165, 1.54) is 12.0 Å². The molecule has 0 aromatic heterocycles. The maximum absolute atomic E-state index is 5.25. The first-order chi connectivity index (χ1) is 8.67. The Bertz CT molecular complexity index is 365. The average Bonchev–Trinajstić information content (AvgIpc) is 2.39. The molecule has 0 spiro atoms. The minimum Gasteiger partial charge on any atom is -0.497 e. The Balaban J connectivity index is 2.43. The molecule has 4 heteroatoms. The lowest BCUT2D eigenvalue weighted by atomic mass is 10.1. The van der Waals surface area contributed by atoms with E-state index in [1.54, 1.807) is 7.11 Å². The van der Waals surface area contributed by atoms with Crippen molar-refractivity contribution in [1.82, 2.24) is 10.6 Å². The van der Waals surface area contributed by atoms with Crippen molar-refractivity contribution < 1.29 is 4.74 Å². The first-order valence-electron chi connectivity index (χ1n) is 6.35. The van der Waals surface area contributed by atoms with E-state index >= 15 is 0 Å². The molecule has 2 N–H and O–H groups in total. The monoisotopic (exact) mass is 266 g/mol. The lowest BCUT2D eigenvalue weighted by Gasteiger charge is -2.17. The van der Waals surface area contributed by atoms with Gasteiger partial charge in [-0.15, -0.1) is 0 Å². The van der Waals surface area contributed by atoms with Crippen molar-refractivity contribution >= 4 is 17.3 Å². The molecule has 3 nitrogen and oxygen atoms in total. The van der Waals surface area contributed by atoms with E-state index in [0.29, 0.717) is 5.11 Å². The van der Waals surface area contributed by atoms with Gasteiger partial charge >= 0.3 is 0 Å². The summed E-state index contributed by atoms with van der Waals surface area (Å²) in [6.07, 6.45) is 2.31. The molecule has 0 fully saturated rings. The smallest absolute Gasteiger partial charge is 0.166 e. The van der Waals surface area contributed by atoms with E-state index in [9.17, 15) is 0 Å². The number of unbranched alkanes of at least 4 members (excludes halogenated alkanes) is 1. The summed E-state index contributed by atoms with van der Waals surface area (Å²) in [5.41, 5.74) is 1.19. The van der Waals surface area contributed by atoms with Crippen LogP contribution in [-0.2, 0) is 0 Å². The minimum absolute atomic E-state index is 0.192. The zero-order valence-electron chi connectivity index (χ0n) is 11.3. The summed E-state index contributed by atoms with van der Waals surface area (Å²) in [6.45, 7) is 5.19. The molecule has 0 bridgehead atoms. The van der Waals surface area contributed by atoms with Crippen LogP contribution in [0.2, 0.25) is 0 Å². The van der Waals surface area contributed by atoms with Crippen molar-refractivity contribution in [3.8, 4) is 5.75 Å². The largest absolute Gasteiger partial charge is 0.497 e. The van der Waals surface area contributed by atoms with Crippen molar-refractivity contribution in [1.29, 1.82) is 0 Å². The van der Waals surface area contributed by atoms with E-state index in [0.717, 1.165) is 18.7 Å². The van der Waals surface area contributed by atoms with Gasteiger partial charge in [0.2, 0.25) is 0 Å². The van der Waals surface area contributed by atoms with Crippen LogP contribution in [-0.4, -0.2) is 18.8 Å². The van der Waals surface area contributed by atoms with Crippen LogP contribution in [0, 0.1) is 0 Å². The number of thiocarbonyl (C=S) groups is 1. The summed E-state index contributed by atoms with van der Waals surface area (Å²) in [6, 6.07) is 8.20. The molecule has 0 heterocycles. The Labute approximate surface area is 115 Å². The highest BCUT2D eigenvalue weighted by molar-refractivity contribution is 7.80.